The van der Waals surface area contributed by atoms with E-state index in [1.165, 1.54) is 6.07 Å². The standard InChI is InChI=1S/C6H5FO.2ClH.Zr/c7-5-3-1-2-4-6(5)8;;;/h1-4,8H;2*1H;/q;;;+1/p-1. The SMILES string of the molecule is Cl.Cl.Fc1ccccc1[O][Zr]. The van der Waals surface area contributed by atoms with Crippen molar-refractivity contribution in [2.75, 3.05) is 0 Å². The van der Waals surface area contributed by atoms with Gasteiger partial charge in [0.05, 0.1) is 0 Å². The topological polar surface area (TPSA) is 9.23 Å². The maximum absolute atomic E-state index is 12.5. The first-order chi connectivity index (χ1) is 4.34. The molecule has 0 saturated heterocycles. The average molecular weight is 275 g/mol. The number of hydrogen-bond donors (Lipinski definition) is 0. The molecule has 0 heterocycles. The second kappa shape index (κ2) is 7.08. The second-order valence-corrected chi connectivity index (χ2v) is 2.03. The molecule has 1 aromatic rings. The fraction of sp³-hybridized carbons (Fsp3) is 0. The summed E-state index contributed by atoms with van der Waals surface area (Å²) in [6.45, 7) is 0. The van der Waals surface area contributed by atoms with E-state index in [0.717, 1.165) is 25.2 Å². The van der Waals surface area contributed by atoms with E-state index < -0.39 is 0 Å². The minimum absolute atomic E-state index is 0. The van der Waals surface area contributed by atoms with E-state index in [4.69, 9.17) is 2.81 Å². The van der Waals surface area contributed by atoms with Crippen molar-refractivity contribution in [2.24, 2.45) is 0 Å². The van der Waals surface area contributed by atoms with Crippen LogP contribution in [0.5, 0.6) is 5.75 Å². The van der Waals surface area contributed by atoms with Gasteiger partial charge in [-0.2, -0.15) is 0 Å². The molecule has 0 aliphatic heterocycles. The number of para-hydroxylation sites is 1. The maximum atomic E-state index is 12.5. The molecule has 0 unspecified atom stereocenters. The van der Waals surface area contributed by atoms with Gasteiger partial charge in [0.2, 0.25) is 0 Å². The number of halogens is 3. The van der Waals surface area contributed by atoms with Gasteiger partial charge in [-0.3, -0.25) is 0 Å². The van der Waals surface area contributed by atoms with Gasteiger partial charge in [-0.1, -0.05) is 0 Å². The van der Waals surface area contributed by atoms with Crippen LogP contribution in [0, 0.1) is 5.82 Å². The van der Waals surface area contributed by atoms with Crippen LogP contribution in [-0.4, -0.2) is 0 Å². The van der Waals surface area contributed by atoms with Crippen molar-refractivity contribution in [3.63, 3.8) is 0 Å². The Balaban J connectivity index is 0. The first-order valence-corrected chi connectivity index (χ1v) is 3.43. The Bertz CT molecular complexity index is 210. The summed E-state index contributed by atoms with van der Waals surface area (Å²) in [4.78, 5) is 0. The van der Waals surface area contributed by atoms with Crippen LogP contribution in [0.2, 0.25) is 0 Å². The molecular formula is C6H6Cl2FOZr. The molecule has 0 bridgehead atoms. The predicted octanol–water partition coefficient (Wildman–Crippen LogP) is 2.51. The van der Waals surface area contributed by atoms with Crippen molar-refractivity contribution >= 4 is 24.8 Å². The van der Waals surface area contributed by atoms with E-state index in [0.29, 0.717) is 5.75 Å². The Morgan fingerprint density at radius 1 is 1.18 bits per heavy atom. The van der Waals surface area contributed by atoms with Crippen molar-refractivity contribution in [1.29, 1.82) is 0 Å². The molecule has 0 saturated carbocycles. The van der Waals surface area contributed by atoms with E-state index in [2.05, 4.69) is 0 Å². The molecule has 5 heteroatoms. The van der Waals surface area contributed by atoms with Gasteiger partial charge in [0.15, 0.2) is 0 Å². The summed E-state index contributed by atoms with van der Waals surface area (Å²) in [6, 6.07) is 6.35. The molecular weight excluding hydrogens is 269 g/mol. The molecule has 1 rings (SSSR count). The Labute approximate surface area is 92.6 Å². The van der Waals surface area contributed by atoms with Gasteiger partial charge in [-0.05, 0) is 0 Å². The van der Waals surface area contributed by atoms with E-state index >= 15 is 0 Å². The molecule has 61 valence electrons. The average Bonchev–Trinajstić information content (AvgIpc) is 1.89. The zero-order valence-corrected chi connectivity index (χ0v) is 9.50. The van der Waals surface area contributed by atoms with E-state index in [1.54, 1.807) is 18.2 Å². The van der Waals surface area contributed by atoms with Crippen LogP contribution < -0.4 is 2.81 Å². The van der Waals surface area contributed by atoms with Crippen LogP contribution in [-0.2, 0) is 25.2 Å². The van der Waals surface area contributed by atoms with Crippen LogP contribution in [0.4, 0.5) is 4.39 Å². The monoisotopic (exact) mass is 273 g/mol. The van der Waals surface area contributed by atoms with E-state index in [9.17, 15) is 4.39 Å². The van der Waals surface area contributed by atoms with Gasteiger partial charge in [-0.25, -0.2) is 0 Å². The number of benzene rings is 1. The molecule has 0 atom stereocenters. The van der Waals surface area contributed by atoms with Crippen LogP contribution in [0.1, 0.15) is 0 Å². The first kappa shape index (κ1) is 14.0. The van der Waals surface area contributed by atoms with Gasteiger partial charge in [0.25, 0.3) is 0 Å². The van der Waals surface area contributed by atoms with Gasteiger partial charge < -0.3 is 0 Å². The fourth-order valence-corrected chi connectivity index (χ4v) is 0.934. The van der Waals surface area contributed by atoms with Gasteiger partial charge in [-0.15, -0.1) is 24.8 Å². The minimum atomic E-state index is -0.297. The molecule has 1 nitrogen and oxygen atoms in total. The Hall–Kier alpha value is 0.413. The zero-order chi connectivity index (χ0) is 6.69. The molecule has 11 heavy (non-hydrogen) atoms. The molecule has 0 aliphatic carbocycles. The molecule has 0 aliphatic rings. The van der Waals surface area contributed by atoms with Crippen LogP contribution >= 0.6 is 24.8 Å². The van der Waals surface area contributed by atoms with Crippen LogP contribution in [0.25, 0.3) is 0 Å². The quantitative estimate of drug-likeness (QED) is 0.765. The summed E-state index contributed by atoms with van der Waals surface area (Å²) in [5.74, 6) is 0.0324. The van der Waals surface area contributed by atoms with Crippen LogP contribution in [0.15, 0.2) is 24.3 Å². The van der Waals surface area contributed by atoms with Crippen molar-refractivity contribution in [3.05, 3.63) is 30.1 Å². The summed E-state index contributed by atoms with van der Waals surface area (Å²) in [6.07, 6.45) is 0. The molecule has 0 N–H and O–H groups in total. The van der Waals surface area contributed by atoms with Gasteiger partial charge in [0, 0.05) is 0 Å². The Kier molecular flexibility index (Phi) is 8.99. The van der Waals surface area contributed by atoms with Crippen molar-refractivity contribution < 1.29 is 32.4 Å². The van der Waals surface area contributed by atoms with Crippen molar-refractivity contribution in [3.8, 4) is 5.75 Å². The third-order valence-corrected chi connectivity index (χ3v) is 1.49. The summed E-state index contributed by atoms with van der Waals surface area (Å²) in [7, 11) is 0. The Morgan fingerprint density at radius 3 is 2.09 bits per heavy atom. The predicted molar refractivity (Wildman–Crippen MR) is 41.5 cm³/mol. The zero-order valence-electron chi connectivity index (χ0n) is 5.41. The first-order valence-electron chi connectivity index (χ1n) is 2.42. The third kappa shape index (κ3) is 4.10. The van der Waals surface area contributed by atoms with Crippen LogP contribution in [0.3, 0.4) is 0 Å². The molecule has 0 spiro atoms. The Morgan fingerprint density at radius 2 is 1.73 bits per heavy atom. The van der Waals surface area contributed by atoms with Gasteiger partial charge >= 0.3 is 68.2 Å². The molecule has 0 radical (unpaired) electrons. The molecule has 1 aromatic carbocycles. The fourth-order valence-electron chi connectivity index (χ4n) is 0.528. The number of rotatable bonds is 1. The van der Waals surface area contributed by atoms with Gasteiger partial charge in [0.1, 0.15) is 0 Å². The molecule has 0 amide bonds. The number of hydrogen-bond acceptors (Lipinski definition) is 1. The summed E-state index contributed by atoms with van der Waals surface area (Å²) in [5, 5.41) is 0. The summed E-state index contributed by atoms with van der Waals surface area (Å²) < 4.78 is 17.2. The summed E-state index contributed by atoms with van der Waals surface area (Å²) >= 11 is 0.855. The molecule has 0 fully saturated rings. The second-order valence-electron chi connectivity index (χ2n) is 1.53. The summed E-state index contributed by atoms with van der Waals surface area (Å²) in [5.41, 5.74) is 0. The molecule has 0 aromatic heterocycles. The van der Waals surface area contributed by atoms with E-state index in [1.807, 2.05) is 0 Å². The third-order valence-electron chi connectivity index (χ3n) is 0.947. The van der Waals surface area contributed by atoms with Crippen molar-refractivity contribution in [1.82, 2.24) is 0 Å². The van der Waals surface area contributed by atoms with Crippen molar-refractivity contribution in [2.45, 2.75) is 0 Å². The normalized spacial score (nSPS) is 7.27. The van der Waals surface area contributed by atoms with E-state index in [-0.39, 0.29) is 30.6 Å².